The zero-order valence-electron chi connectivity index (χ0n) is 15.6. The van der Waals surface area contributed by atoms with E-state index in [2.05, 4.69) is 103 Å². The van der Waals surface area contributed by atoms with E-state index in [1.165, 1.54) is 41.0 Å². The minimum absolute atomic E-state index is 0.460. The van der Waals surface area contributed by atoms with E-state index in [1.807, 2.05) is 0 Å². The highest BCUT2D eigenvalue weighted by atomic mass is 15.2. The van der Waals surface area contributed by atoms with Crippen molar-refractivity contribution in [3.8, 4) is 0 Å². The van der Waals surface area contributed by atoms with Crippen molar-refractivity contribution in [3.63, 3.8) is 0 Å². The molecule has 0 fully saturated rings. The van der Waals surface area contributed by atoms with E-state index in [9.17, 15) is 0 Å². The second-order valence-electron chi connectivity index (χ2n) is 7.29. The molecule has 3 aromatic carbocycles. The summed E-state index contributed by atoms with van der Waals surface area (Å²) in [5, 5.41) is 0. The lowest BCUT2D eigenvalue weighted by atomic mass is 9.82. The predicted molar refractivity (Wildman–Crippen MR) is 111 cm³/mol. The Morgan fingerprint density at radius 3 is 1.85 bits per heavy atom. The molecule has 0 aliphatic carbocycles. The molecule has 0 bridgehead atoms. The molecular formula is C24H26N2. The molecule has 0 N–H and O–H groups in total. The minimum Gasteiger partial charge on any atom is -0.310 e. The van der Waals surface area contributed by atoms with E-state index in [0.29, 0.717) is 5.92 Å². The lowest BCUT2D eigenvalue weighted by Crippen LogP contribution is -2.22. The third kappa shape index (κ3) is 3.13. The molecule has 26 heavy (non-hydrogen) atoms. The number of nitrogens with zero attached hydrogens (tertiary/aromatic N) is 2. The van der Waals surface area contributed by atoms with E-state index < -0.39 is 0 Å². The average Bonchev–Trinajstić information content (AvgIpc) is 2.68. The van der Waals surface area contributed by atoms with Gasteiger partial charge in [-0.1, -0.05) is 54.6 Å². The van der Waals surface area contributed by atoms with Gasteiger partial charge >= 0.3 is 0 Å². The van der Waals surface area contributed by atoms with E-state index >= 15 is 0 Å². The van der Waals surface area contributed by atoms with Crippen LogP contribution in [-0.2, 0) is 0 Å². The Kier molecular flexibility index (Phi) is 4.77. The molecule has 3 aromatic rings. The Bertz CT molecular complexity index is 823. The van der Waals surface area contributed by atoms with Crippen LogP contribution in [0.5, 0.6) is 0 Å². The van der Waals surface area contributed by atoms with Crippen molar-refractivity contribution in [2.24, 2.45) is 0 Å². The summed E-state index contributed by atoms with van der Waals surface area (Å²) >= 11 is 0. The zero-order valence-corrected chi connectivity index (χ0v) is 15.6. The van der Waals surface area contributed by atoms with Gasteiger partial charge in [-0.15, -0.1) is 0 Å². The number of para-hydroxylation sites is 3. The highest BCUT2D eigenvalue weighted by Crippen LogP contribution is 2.50. The summed E-state index contributed by atoms with van der Waals surface area (Å²) in [5.41, 5.74) is 6.72. The van der Waals surface area contributed by atoms with Crippen LogP contribution in [0.4, 0.5) is 17.1 Å². The monoisotopic (exact) mass is 342 g/mol. The first-order valence-corrected chi connectivity index (χ1v) is 9.43. The quantitative estimate of drug-likeness (QED) is 0.566. The second kappa shape index (κ2) is 7.35. The van der Waals surface area contributed by atoms with Crippen molar-refractivity contribution in [3.05, 3.63) is 90.0 Å². The average molecular weight is 342 g/mol. The number of anilines is 3. The van der Waals surface area contributed by atoms with Crippen LogP contribution in [-0.4, -0.2) is 25.5 Å². The third-order valence-electron chi connectivity index (χ3n) is 5.22. The van der Waals surface area contributed by atoms with E-state index in [0.717, 1.165) is 6.54 Å². The van der Waals surface area contributed by atoms with Crippen LogP contribution in [0.2, 0.25) is 0 Å². The molecular weight excluding hydrogens is 316 g/mol. The van der Waals surface area contributed by atoms with Crippen molar-refractivity contribution in [1.29, 1.82) is 0 Å². The number of hydrogen-bond acceptors (Lipinski definition) is 2. The molecule has 0 amide bonds. The topological polar surface area (TPSA) is 6.48 Å². The van der Waals surface area contributed by atoms with Gasteiger partial charge in [-0.3, -0.25) is 0 Å². The molecule has 1 aliphatic rings. The normalized spacial score (nSPS) is 13.6. The summed E-state index contributed by atoms with van der Waals surface area (Å²) in [4.78, 5) is 4.68. The van der Waals surface area contributed by atoms with Crippen LogP contribution in [0.25, 0.3) is 0 Å². The largest absolute Gasteiger partial charge is 0.310 e. The van der Waals surface area contributed by atoms with Crippen molar-refractivity contribution < 1.29 is 0 Å². The Morgan fingerprint density at radius 2 is 1.27 bits per heavy atom. The van der Waals surface area contributed by atoms with Gasteiger partial charge in [-0.05, 0) is 68.9 Å². The Hall–Kier alpha value is -2.58. The summed E-state index contributed by atoms with van der Waals surface area (Å²) in [6.45, 7) is 1.13. The fourth-order valence-electron chi connectivity index (χ4n) is 4.05. The molecule has 2 heteroatoms. The van der Waals surface area contributed by atoms with Gasteiger partial charge < -0.3 is 9.80 Å². The highest BCUT2D eigenvalue weighted by Gasteiger charge is 2.30. The van der Waals surface area contributed by atoms with E-state index in [4.69, 9.17) is 0 Å². The van der Waals surface area contributed by atoms with Gasteiger partial charge in [0.1, 0.15) is 0 Å². The van der Waals surface area contributed by atoms with Crippen LogP contribution in [0.1, 0.15) is 29.9 Å². The summed E-state index contributed by atoms with van der Waals surface area (Å²) in [5.74, 6) is 0.460. The van der Waals surface area contributed by atoms with Crippen LogP contribution in [0.15, 0.2) is 78.9 Å². The first-order valence-electron chi connectivity index (χ1n) is 9.43. The minimum atomic E-state index is 0.460. The van der Waals surface area contributed by atoms with Gasteiger partial charge in [0.2, 0.25) is 0 Å². The van der Waals surface area contributed by atoms with E-state index in [1.54, 1.807) is 0 Å². The Morgan fingerprint density at radius 1 is 0.731 bits per heavy atom. The molecule has 0 unspecified atom stereocenters. The molecule has 0 aromatic heterocycles. The molecule has 0 saturated carbocycles. The highest BCUT2D eigenvalue weighted by molar-refractivity contribution is 5.84. The summed E-state index contributed by atoms with van der Waals surface area (Å²) in [6, 6.07) is 28.5. The summed E-state index contributed by atoms with van der Waals surface area (Å²) in [6.07, 6.45) is 2.38. The van der Waals surface area contributed by atoms with Crippen LogP contribution in [0.3, 0.4) is 0 Å². The molecule has 0 saturated heterocycles. The molecule has 1 heterocycles. The smallest absolute Gasteiger partial charge is 0.0499 e. The van der Waals surface area contributed by atoms with Gasteiger partial charge in [-0.25, -0.2) is 0 Å². The van der Waals surface area contributed by atoms with E-state index in [-0.39, 0.29) is 0 Å². The number of benzene rings is 3. The van der Waals surface area contributed by atoms with Gasteiger partial charge in [-0.2, -0.15) is 0 Å². The molecule has 0 spiro atoms. The maximum atomic E-state index is 2.41. The molecule has 1 aliphatic heterocycles. The maximum absolute atomic E-state index is 2.41. The van der Waals surface area contributed by atoms with Gasteiger partial charge in [0.05, 0.1) is 0 Å². The second-order valence-corrected chi connectivity index (χ2v) is 7.29. The summed E-state index contributed by atoms with van der Waals surface area (Å²) in [7, 11) is 4.31. The van der Waals surface area contributed by atoms with Crippen molar-refractivity contribution in [1.82, 2.24) is 4.90 Å². The van der Waals surface area contributed by atoms with Crippen LogP contribution in [0, 0.1) is 0 Å². The number of fused-ring (bicyclic) bond motifs is 2. The Labute approximate surface area is 156 Å². The molecule has 0 atom stereocenters. The lowest BCUT2D eigenvalue weighted by molar-refractivity contribution is 0.389. The van der Waals surface area contributed by atoms with Gasteiger partial charge in [0, 0.05) is 23.0 Å². The first kappa shape index (κ1) is 16.9. The van der Waals surface area contributed by atoms with Crippen molar-refractivity contribution in [2.75, 3.05) is 25.5 Å². The maximum Gasteiger partial charge on any atom is 0.0499 e. The SMILES string of the molecule is CN(C)CCCC1c2ccccc2N(c2ccccc2)c2ccccc21. The lowest BCUT2D eigenvalue weighted by Gasteiger charge is -2.38. The van der Waals surface area contributed by atoms with Gasteiger partial charge in [0.15, 0.2) is 0 Å². The molecule has 4 rings (SSSR count). The first-order chi connectivity index (χ1) is 12.8. The molecule has 2 nitrogen and oxygen atoms in total. The van der Waals surface area contributed by atoms with Crippen molar-refractivity contribution in [2.45, 2.75) is 18.8 Å². The fourth-order valence-corrected chi connectivity index (χ4v) is 4.05. The standard InChI is InChI=1S/C24H26N2/c1-25(2)18-10-15-20-21-13-6-8-16-23(21)26(19-11-4-3-5-12-19)24-17-9-7-14-22(20)24/h3-9,11-14,16-17,20H,10,15,18H2,1-2H3. The number of hydrogen-bond donors (Lipinski definition) is 0. The van der Waals surface area contributed by atoms with Gasteiger partial charge in [0.25, 0.3) is 0 Å². The predicted octanol–water partition coefficient (Wildman–Crippen LogP) is 5.94. The summed E-state index contributed by atoms with van der Waals surface area (Å²) < 4.78 is 0. The molecule has 0 radical (unpaired) electrons. The number of rotatable bonds is 5. The zero-order chi connectivity index (χ0) is 17.9. The fraction of sp³-hybridized carbons (Fsp3) is 0.250. The molecule has 132 valence electrons. The van der Waals surface area contributed by atoms with Crippen molar-refractivity contribution >= 4 is 17.1 Å². The Balaban J connectivity index is 1.81. The third-order valence-corrected chi connectivity index (χ3v) is 5.22. The van der Waals surface area contributed by atoms with Crippen LogP contribution < -0.4 is 4.90 Å². The van der Waals surface area contributed by atoms with Crippen LogP contribution >= 0.6 is 0 Å².